The summed E-state index contributed by atoms with van der Waals surface area (Å²) in [6, 6.07) is 10.2. The lowest BCUT2D eigenvalue weighted by Crippen LogP contribution is -2.36. The van der Waals surface area contributed by atoms with Crippen LogP contribution < -0.4 is 0 Å². The van der Waals surface area contributed by atoms with Crippen LogP contribution in [0.4, 0.5) is 0 Å². The van der Waals surface area contributed by atoms with E-state index in [1.165, 1.54) is 0 Å². The first kappa shape index (κ1) is 15.2. The van der Waals surface area contributed by atoms with Gasteiger partial charge < -0.3 is 4.43 Å². The molecule has 0 heterocycles. The van der Waals surface area contributed by atoms with Crippen molar-refractivity contribution in [3.8, 4) is 0 Å². The molecule has 108 valence electrons. The van der Waals surface area contributed by atoms with Crippen LogP contribution in [0.3, 0.4) is 0 Å². The minimum Gasteiger partial charge on any atom is -0.411 e. The molecule has 20 heavy (non-hydrogen) atoms. The van der Waals surface area contributed by atoms with E-state index in [-0.39, 0.29) is 12.0 Å². The van der Waals surface area contributed by atoms with Crippen molar-refractivity contribution in [1.82, 2.24) is 0 Å². The molecule has 1 aromatic carbocycles. The third-order valence-corrected chi connectivity index (χ3v) is 4.50. The van der Waals surface area contributed by atoms with Crippen LogP contribution in [0, 0.1) is 5.92 Å². The number of carbonyl (C=O) groups is 1. The zero-order valence-corrected chi connectivity index (χ0v) is 13.6. The molecule has 1 fully saturated rings. The van der Waals surface area contributed by atoms with Crippen molar-refractivity contribution in [3.63, 3.8) is 0 Å². The molecule has 2 atom stereocenters. The Labute approximate surface area is 123 Å². The molecule has 2 unspecified atom stereocenters. The molecule has 0 aliphatic heterocycles. The average molecular weight is 288 g/mol. The maximum Gasteiger partial charge on any atom is 0.184 e. The van der Waals surface area contributed by atoms with E-state index in [9.17, 15) is 4.79 Å². The lowest BCUT2D eigenvalue weighted by atomic mass is 9.99. The number of hydrogen-bond acceptors (Lipinski definition) is 2. The van der Waals surface area contributed by atoms with Crippen LogP contribution in [0.1, 0.15) is 24.8 Å². The standard InChI is InChI=1S/C17H24O2Si/c1-20(2,3)19-17(15-10-7-11-16(15)18)13-12-14-8-5-4-6-9-14/h4-6,8-9,12-13,15,17H,7,10-11H2,1-3H3/b13-12+. The molecule has 1 aliphatic carbocycles. The van der Waals surface area contributed by atoms with Gasteiger partial charge in [0.2, 0.25) is 0 Å². The van der Waals surface area contributed by atoms with E-state index >= 15 is 0 Å². The second-order valence-corrected chi connectivity index (χ2v) is 10.9. The Morgan fingerprint density at radius 2 is 1.95 bits per heavy atom. The van der Waals surface area contributed by atoms with E-state index in [4.69, 9.17) is 4.43 Å². The molecule has 0 radical (unpaired) electrons. The molecule has 2 nitrogen and oxygen atoms in total. The van der Waals surface area contributed by atoms with Crippen molar-refractivity contribution in [1.29, 1.82) is 0 Å². The van der Waals surface area contributed by atoms with Crippen molar-refractivity contribution in [3.05, 3.63) is 42.0 Å². The monoisotopic (exact) mass is 288 g/mol. The van der Waals surface area contributed by atoms with E-state index in [2.05, 4.69) is 43.9 Å². The summed E-state index contributed by atoms with van der Waals surface area (Å²) >= 11 is 0. The second kappa shape index (κ2) is 6.51. The first-order valence-electron chi connectivity index (χ1n) is 7.39. The van der Waals surface area contributed by atoms with Gasteiger partial charge in [-0.2, -0.15) is 0 Å². The van der Waals surface area contributed by atoms with Crippen molar-refractivity contribution in [2.24, 2.45) is 5.92 Å². The number of hydrogen-bond donors (Lipinski definition) is 0. The normalized spacial score (nSPS) is 21.6. The van der Waals surface area contributed by atoms with E-state index in [0.29, 0.717) is 5.78 Å². The van der Waals surface area contributed by atoms with E-state index < -0.39 is 8.32 Å². The van der Waals surface area contributed by atoms with Crippen LogP contribution in [0.15, 0.2) is 36.4 Å². The third kappa shape index (κ3) is 4.42. The van der Waals surface area contributed by atoms with Crippen LogP contribution in [-0.4, -0.2) is 20.2 Å². The average Bonchev–Trinajstić information content (AvgIpc) is 2.81. The molecule has 1 aliphatic rings. The minimum absolute atomic E-state index is 0.0571. The molecular formula is C17H24O2Si. The lowest BCUT2D eigenvalue weighted by Gasteiger charge is -2.27. The minimum atomic E-state index is -1.66. The predicted molar refractivity (Wildman–Crippen MR) is 86.0 cm³/mol. The zero-order chi connectivity index (χ0) is 14.6. The summed E-state index contributed by atoms with van der Waals surface area (Å²) in [7, 11) is -1.66. The Bertz CT molecular complexity index is 474. The Morgan fingerprint density at radius 3 is 2.50 bits per heavy atom. The van der Waals surface area contributed by atoms with Crippen LogP contribution in [0.5, 0.6) is 0 Å². The Balaban J connectivity index is 2.14. The summed E-state index contributed by atoms with van der Waals surface area (Å²) in [6.45, 7) is 6.53. The van der Waals surface area contributed by atoms with Crippen molar-refractivity contribution < 1.29 is 9.22 Å². The molecule has 0 bridgehead atoms. The quantitative estimate of drug-likeness (QED) is 0.756. The summed E-state index contributed by atoms with van der Waals surface area (Å²) in [5.74, 6) is 0.424. The molecule has 1 saturated carbocycles. The largest absolute Gasteiger partial charge is 0.411 e. The van der Waals surface area contributed by atoms with Gasteiger partial charge in [-0.1, -0.05) is 42.5 Å². The highest BCUT2D eigenvalue weighted by Gasteiger charge is 2.33. The highest BCUT2D eigenvalue weighted by Crippen LogP contribution is 2.29. The fourth-order valence-electron chi connectivity index (χ4n) is 2.62. The number of benzene rings is 1. The third-order valence-electron chi connectivity index (χ3n) is 3.52. The molecule has 3 heteroatoms. The van der Waals surface area contributed by atoms with E-state index in [1.54, 1.807) is 0 Å². The Morgan fingerprint density at radius 1 is 1.25 bits per heavy atom. The zero-order valence-electron chi connectivity index (χ0n) is 12.6. The van der Waals surface area contributed by atoms with Crippen LogP contribution in [0.2, 0.25) is 19.6 Å². The van der Waals surface area contributed by atoms with Crippen LogP contribution in [0.25, 0.3) is 6.08 Å². The number of carbonyl (C=O) groups excluding carboxylic acids is 1. The van der Waals surface area contributed by atoms with Gasteiger partial charge in [-0.05, 0) is 38.0 Å². The Hall–Kier alpha value is -1.19. The highest BCUT2D eigenvalue weighted by molar-refractivity contribution is 6.69. The smallest absolute Gasteiger partial charge is 0.184 e. The summed E-state index contributed by atoms with van der Waals surface area (Å²) in [5.41, 5.74) is 1.15. The van der Waals surface area contributed by atoms with Gasteiger partial charge in [0.1, 0.15) is 5.78 Å². The summed E-state index contributed by atoms with van der Waals surface area (Å²) < 4.78 is 6.25. The molecule has 0 aromatic heterocycles. The van der Waals surface area contributed by atoms with Gasteiger partial charge >= 0.3 is 0 Å². The molecule has 0 saturated heterocycles. The van der Waals surface area contributed by atoms with Gasteiger partial charge in [-0.15, -0.1) is 0 Å². The van der Waals surface area contributed by atoms with Gasteiger partial charge in [0.15, 0.2) is 8.32 Å². The summed E-state index contributed by atoms with van der Waals surface area (Å²) in [5, 5.41) is 0. The molecule has 0 amide bonds. The molecule has 2 rings (SSSR count). The second-order valence-electron chi connectivity index (χ2n) is 6.43. The maximum absolute atomic E-state index is 12.0. The molecule has 0 N–H and O–H groups in total. The molecular weight excluding hydrogens is 264 g/mol. The maximum atomic E-state index is 12.0. The highest BCUT2D eigenvalue weighted by atomic mass is 28.4. The first-order valence-corrected chi connectivity index (χ1v) is 10.8. The predicted octanol–water partition coefficient (Wildman–Crippen LogP) is 4.29. The first-order chi connectivity index (χ1) is 9.46. The number of rotatable bonds is 5. The van der Waals surface area contributed by atoms with Gasteiger partial charge in [-0.25, -0.2) is 0 Å². The van der Waals surface area contributed by atoms with Crippen LogP contribution >= 0.6 is 0 Å². The SMILES string of the molecule is C[Si](C)(C)OC(/C=C/c1ccccc1)C1CCCC1=O. The topological polar surface area (TPSA) is 26.3 Å². The van der Waals surface area contributed by atoms with Gasteiger partial charge in [-0.3, -0.25) is 4.79 Å². The molecule has 0 spiro atoms. The number of ketones is 1. The van der Waals surface area contributed by atoms with Crippen LogP contribution in [-0.2, 0) is 9.22 Å². The van der Waals surface area contributed by atoms with Gasteiger partial charge in [0.25, 0.3) is 0 Å². The summed E-state index contributed by atoms with van der Waals surface area (Å²) in [4.78, 5) is 12.0. The van der Waals surface area contributed by atoms with E-state index in [1.807, 2.05) is 18.2 Å². The van der Waals surface area contributed by atoms with Crippen molar-refractivity contribution in [2.45, 2.75) is 45.0 Å². The number of Topliss-reactive ketones (excluding diaryl/α,β-unsaturated/α-hetero) is 1. The van der Waals surface area contributed by atoms with Gasteiger partial charge in [0, 0.05) is 12.3 Å². The Kier molecular flexibility index (Phi) is 4.94. The lowest BCUT2D eigenvalue weighted by molar-refractivity contribution is -0.122. The van der Waals surface area contributed by atoms with Gasteiger partial charge in [0.05, 0.1) is 6.10 Å². The molecule has 1 aromatic rings. The fourth-order valence-corrected chi connectivity index (χ4v) is 3.68. The summed E-state index contributed by atoms with van der Waals surface area (Å²) in [6.07, 6.45) is 6.80. The van der Waals surface area contributed by atoms with Crippen molar-refractivity contribution in [2.75, 3.05) is 0 Å². The van der Waals surface area contributed by atoms with Crippen molar-refractivity contribution >= 4 is 20.2 Å². The van der Waals surface area contributed by atoms with E-state index in [0.717, 1.165) is 24.8 Å². The fraction of sp³-hybridized carbons (Fsp3) is 0.471.